The lowest BCUT2D eigenvalue weighted by molar-refractivity contribution is -0.107. The zero-order valence-electron chi connectivity index (χ0n) is 8.05. The summed E-state index contributed by atoms with van der Waals surface area (Å²) < 4.78 is 21.9. The quantitative estimate of drug-likeness (QED) is 0.600. The fourth-order valence-electron chi connectivity index (χ4n) is 1.12. The van der Waals surface area contributed by atoms with Crippen molar-refractivity contribution in [2.75, 3.05) is 11.4 Å². The maximum absolute atomic E-state index is 10.9. The van der Waals surface area contributed by atoms with E-state index in [0.29, 0.717) is 18.6 Å². The first-order valence-electron chi connectivity index (χ1n) is 4.25. The highest BCUT2D eigenvalue weighted by Crippen LogP contribution is 2.19. The molecule has 1 rings (SSSR count). The summed E-state index contributed by atoms with van der Waals surface area (Å²) >= 11 is 0. The van der Waals surface area contributed by atoms with Gasteiger partial charge in [-0.25, -0.2) is 8.42 Å². The number of anilines is 1. The van der Waals surface area contributed by atoms with Crippen molar-refractivity contribution in [3.8, 4) is 0 Å². The molecule has 4 nitrogen and oxygen atoms in total. The Morgan fingerprint density at radius 3 is 2.20 bits per heavy atom. The minimum atomic E-state index is -3.69. The first-order valence-corrected chi connectivity index (χ1v) is 6.56. The molecular weight excluding hydrogens is 238 g/mol. The molecule has 0 aliphatic rings. The van der Waals surface area contributed by atoms with Crippen molar-refractivity contribution in [1.82, 2.24) is 0 Å². The van der Waals surface area contributed by atoms with Gasteiger partial charge >= 0.3 is 0 Å². The van der Waals surface area contributed by atoms with Gasteiger partial charge in [-0.05, 0) is 31.2 Å². The van der Waals surface area contributed by atoms with E-state index in [4.69, 9.17) is 10.7 Å². The van der Waals surface area contributed by atoms with Crippen molar-refractivity contribution in [3.63, 3.8) is 0 Å². The number of rotatable bonds is 4. The number of amides is 1. The number of benzene rings is 1. The SMILES string of the molecule is CCN(C=O)c1ccc(S(=O)(=O)Cl)cc1. The average Bonchev–Trinajstić information content (AvgIpc) is 2.19. The van der Waals surface area contributed by atoms with Crippen LogP contribution in [0.3, 0.4) is 0 Å². The number of hydrogen-bond acceptors (Lipinski definition) is 3. The minimum absolute atomic E-state index is 0.0230. The molecule has 0 radical (unpaired) electrons. The monoisotopic (exact) mass is 247 g/mol. The summed E-state index contributed by atoms with van der Waals surface area (Å²) in [6.45, 7) is 2.34. The standard InChI is InChI=1S/C9H10ClNO3S/c1-2-11(7-12)8-3-5-9(6-4-8)15(10,13)14/h3-7H,2H2,1H3. The molecule has 0 aliphatic carbocycles. The molecule has 15 heavy (non-hydrogen) atoms. The second-order valence-corrected chi connectivity index (χ2v) is 5.39. The summed E-state index contributed by atoms with van der Waals surface area (Å²) in [6, 6.07) is 5.80. The molecule has 0 bridgehead atoms. The van der Waals surface area contributed by atoms with Gasteiger partial charge in [-0.1, -0.05) is 0 Å². The van der Waals surface area contributed by atoms with Crippen LogP contribution in [0.25, 0.3) is 0 Å². The van der Waals surface area contributed by atoms with Crippen LogP contribution in [0.15, 0.2) is 29.2 Å². The van der Waals surface area contributed by atoms with Gasteiger partial charge in [0, 0.05) is 22.9 Å². The lowest BCUT2D eigenvalue weighted by Crippen LogP contribution is -2.19. The summed E-state index contributed by atoms with van der Waals surface area (Å²) in [4.78, 5) is 12.1. The molecule has 6 heteroatoms. The lowest BCUT2D eigenvalue weighted by Gasteiger charge is -2.14. The average molecular weight is 248 g/mol. The summed E-state index contributed by atoms with van der Waals surface area (Å²) in [5, 5.41) is 0. The second kappa shape index (κ2) is 4.63. The van der Waals surface area contributed by atoms with Crippen LogP contribution in [0.1, 0.15) is 6.92 Å². The Hall–Kier alpha value is -1.07. The van der Waals surface area contributed by atoms with E-state index in [2.05, 4.69) is 0 Å². The topological polar surface area (TPSA) is 54.5 Å². The fourth-order valence-corrected chi connectivity index (χ4v) is 1.89. The normalized spacial score (nSPS) is 11.1. The molecule has 0 unspecified atom stereocenters. The van der Waals surface area contributed by atoms with E-state index in [-0.39, 0.29) is 4.90 Å². The van der Waals surface area contributed by atoms with Crippen LogP contribution in [0.4, 0.5) is 5.69 Å². The Bertz CT molecular complexity index is 441. The van der Waals surface area contributed by atoms with Gasteiger partial charge in [0.05, 0.1) is 4.90 Å². The maximum Gasteiger partial charge on any atom is 0.261 e. The largest absolute Gasteiger partial charge is 0.315 e. The Labute approximate surface area is 92.9 Å². The molecule has 1 amide bonds. The van der Waals surface area contributed by atoms with Gasteiger partial charge < -0.3 is 4.90 Å². The van der Waals surface area contributed by atoms with Crippen molar-refractivity contribution >= 4 is 31.8 Å². The van der Waals surface area contributed by atoms with Crippen LogP contribution < -0.4 is 4.90 Å². The number of carbonyl (C=O) groups is 1. The highest BCUT2D eigenvalue weighted by Gasteiger charge is 2.10. The zero-order valence-corrected chi connectivity index (χ0v) is 9.62. The lowest BCUT2D eigenvalue weighted by atomic mass is 10.3. The van der Waals surface area contributed by atoms with Crippen LogP contribution in [0.5, 0.6) is 0 Å². The van der Waals surface area contributed by atoms with Crippen molar-refractivity contribution in [2.45, 2.75) is 11.8 Å². The van der Waals surface area contributed by atoms with E-state index in [9.17, 15) is 13.2 Å². The molecule has 0 saturated heterocycles. The molecule has 0 aliphatic heterocycles. The molecule has 0 fully saturated rings. The first kappa shape index (κ1) is 12.0. The van der Waals surface area contributed by atoms with Gasteiger partial charge in [-0.15, -0.1) is 0 Å². The number of hydrogen-bond donors (Lipinski definition) is 0. The molecule has 1 aromatic rings. The Kier molecular flexibility index (Phi) is 3.71. The van der Waals surface area contributed by atoms with Crippen LogP contribution in [-0.2, 0) is 13.8 Å². The summed E-state index contributed by atoms with van der Waals surface area (Å²) in [7, 11) is 1.45. The Balaban J connectivity index is 3.05. The molecule has 1 aromatic carbocycles. The minimum Gasteiger partial charge on any atom is -0.315 e. The van der Waals surface area contributed by atoms with E-state index in [1.165, 1.54) is 29.2 Å². The molecule has 0 aromatic heterocycles. The first-order chi connectivity index (χ1) is 6.99. The van der Waals surface area contributed by atoms with Gasteiger partial charge in [0.15, 0.2) is 0 Å². The highest BCUT2D eigenvalue weighted by atomic mass is 35.7. The van der Waals surface area contributed by atoms with Crippen LogP contribution in [0.2, 0.25) is 0 Å². The zero-order chi connectivity index (χ0) is 11.5. The van der Waals surface area contributed by atoms with E-state index in [1.807, 2.05) is 6.92 Å². The molecule has 0 N–H and O–H groups in total. The number of halogens is 1. The third-order valence-corrected chi connectivity index (χ3v) is 3.29. The molecule has 0 heterocycles. The van der Waals surface area contributed by atoms with Crippen molar-refractivity contribution in [3.05, 3.63) is 24.3 Å². The number of carbonyl (C=O) groups excluding carboxylic acids is 1. The Morgan fingerprint density at radius 2 is 1.87 bits per heavy atom. The highest BCUT2D eigenvalue weighted by molar-refractivity contribution is 8.13. The van der Waals surface area contributed by atoms with Crippen molar-refractivity contribution in [2.24, 2.45) is 0 Å². The van der Waals surface area contributed by atoms with Crippen LogP contribution in [-0.4, -0.2) is 21.4 Å². The molecular formula is C9H10ClNO3S. The van der Waals surface area contributed by atoms with E-state index >= 15 is 0 Å². The van der Waals surface area contributed by atoms with E-state index in [0.717, 1.165) is 0 Å². The second-order valence-electron chi connectivity index (χ2n) is 2.82. The van der Waals surface area contributed by atoms with Crippen molar-refractivity contribution < 1.29 is 13.2 Å². The molecule has 0 spiro atoms. The predicted molar refractivity (Wildman–Crippen MR) is 58.6 cm³/mol. The van der Waals surface area contributed by atoms with Crippen LogP contribution >= 0.6 is 10.7 Å². The predicted octanol–water partition coefficient (Wildman–Crippen LogP) is 1.60. The summed E-state index contributed by atoms with van der Waals surface area (Å²) in [6.07, 6.45) is 0.685. The maximum atomic E-state index is 10.9. The third-order valence-electron chi connectivity index (χ3n) is 1.92. The van der Waals surface area contributed by atoms with Gasteiger partial charge in [0.2, 0.25) is 6.41 Å². The number of nitrogens with zero attached hydrogens (tertiary/aromatic N) is 1. The van der Waals surface area contributed by atoms with Crippen LogP contribution in [0, 0.1) is 0 Å². The molecule has 0 atom stereocenters. The summed E-state index contributed by atoms with van der Waals surface area (Å²) in [5.41, 5.74) is 0.636. The third kappa shape index (κ3) is 2.94. The smallest absolute Gasteiger partial charge is 0.261 e. The molecule has 0 saturated carbocycles. The Morgan fingerprint density at radius 1 is 1.33 bits per heavy atom. The summed E-state index contributed by atoms with van der Waals surface area (Å²) in [5.74, 6) is 0. The van der Waals surface area contributed by atoms with Gasteiger partial charge in [0.25, 0.3) is 9.05 Å². The van der Waals surface area contributed by atoms with Gasteiger partial charge in [-0.2, -0.15) is 0 Å². The van der Waals surface area contributed by atoms with Gasteiger partial charge in [-0.3, -0.25) is 4.79 Å². The fraction of sp³-hybridized carbons (Fsp3) is 0.222. The van der Waals surface area contributed by atoms with Gasteiger partial charge in [0.1, 0.15) is 0 Å². The van der Waals surface area contributed by atoms with E-state index < -0.39 is 9.05 Å². The molecule has 82 valence electrons. The van der Waals surface area contributed by atoms with Crippen molar-refractivity contribution in [1.29, 1.82) is 0 Å². The van der Waals surface area contributed by atoms with E-state index in [1.54, 1.807) is 0 Å².